The normalized spacial score (nSPS) is 22.6. The zero-order chi connectivity index (χ0) is 11.9. The maximum Gasteiger partial charge on any atom is 0.324 e. The minimum absolute atomic E-state index is 0.657. The Balaban J connectivity index is 1.97. The fourth-order valence-electron chi connectivity index (χ4n) is 3.25. The van der Waals surface area contributed by atoms with Crippen molar-refractivity contribution in [3.8, 4) is 0 Å². The van der Waals surface area contributed by atoms with Crippen LogP contribution in [-0.4, -0.2) is 34.6 Å². The van der Waals surface area contributed by atoms with Crippen molar-refractivity contribution in [2.24, 2.45) is 0 Å². The number of carboxylic acid groups (broad SMARTS) is 1. The van der Waals surface area contributed by atoms with E-state index in [0.29, 0.717) is 12.8 Å². The second kappa shape index (κ2) is 3.84. The lowest BCUT2D eigenvalue weighted by atomic mass is 9.94. The van der Waals surface area contributed by atoms with Crippen molar-refractivity contribution in [3.05, 3.63) is 35.4 Å². The van der Waals surface area contributed by atoms with Gasteiger partial charge in [0.15, 0.2) is 0 Å². The van der Waals surface area contributed by atoms with Crippen molar-refractivity contribution in [1.29, 1.82) is 0 Å². The molecule has 3 heteroatoms. The molecule has 1 fully saturated rings. The van der Waals surface area contributed by atoms with Gasteiger partial charge in [-0.15, -0.1) is 0 Å². The molecule has 0 radical (unpaired) electrons. The van der Waals surface area contributed by atoms with E-state index in [2.05, 4.69) is 17.0 Å². The summed E-state index contributed by atoms with van der Waals surface area (Å²) in [7, 11) is 0. The van der Waals surface area contributed by atoms with Gasteiger partial charge in [0.1, 0.15) is 5.54 Å². The summed E-state index contributed by atoms with van der Waals surface area (Å²) in [6, 6.07) is 8.13. The van der Waals surface area contributed by atoms with Crippen LogP contribution in [0.5, 0.6) is 0 Å². The fourth-order valence-corrected chi connectivity index (χ4v) is 3.25. The van der Waals surface area contributed by atoms with Gasteiger partial charge in [-0.1, -0.05) is 24.3 Å². The molecule has 90 valence electrons. The topological polar surface area (TPSA) is 40.5 Å². The maximum atomic E-state index is 11.7. The van der Waals surface area contributed by atoms with Crippen LogP contribution < -0.4 is 0 Å². The first-order chi connectivity index (χ1) is 8.22. The zero-order valence-electron chi connectivity index (χ0n) is 9.85. The zero-order valence-corrected chi connectivity index (χ0v) is 9.85. The lowest BCUT2D eigenvalue weighted by molar-refractivity contribution is -0.150. The quantitative estimate of drug-likeness (QED) is 0.842. The summed E-state index contributed by atoms with van der Waals surface area (Å²) in [6.45, 7) is 1.86. The largest absolute Gasteiger partial charge is 0.480 e. The number of hydrogen-bond acceptors (Lipinski definition) is 2. The maximum absolute atomic E-state index is 11.7. The summed E-state index contributed by atoms with van der Waals surface area (Å²) >= 11 is 0. The van der Waals surface area contributed by atoms with Crippen LogP contribution in [-0.2, 0) is 17.6 Å². The first kappa shape index (κ1) is 10.8. The number of fused-ring (bicyclic) bond motifs is 1. The number of rotatable bonds is 2. The number of aliphatic carboxylic acids is 1. The highest BCUT2D eigenvalue weighted by Gasteiger charge is 2.49. The third-order valence-corrected chi connectivity index (χ3v) is 4.19. The van der Waals surface area contributed by atoms with Crippen LogP contribution in [0.15, 0.2) is 24.3 Å². The second-order valence-electron chi connectivity index (χ2n) is 5.15. The van der Waals surface area contributed by atoms with Crippen LogP contribution in [0, 0.1) is 0 Å². The molecule has 2 aliphatic rings. The molecule has 0 amide bonds. The average Bonchev–Trinajstić information content (AvgIpc) is 2.96. The first-order valence-electron chi connectivity index (χ1n) is 6.28. The van der Waals surface area contributed by atoms with Crippen LogP contribution in [0.2, 0.25) is 0 Å². The van der Waals surface area contributed by atoms with Crippen LogP contribution in [0.25, 0.3) is 0 Å². The Hall–Kier alpha value is -1.35. The molecule has 17 heavy (non-hydrogen) atoms. The molecule has 3 nitrogen and oxygen atoms in total. The van der Waals surface area contributed by atoms with E-state index in [4.69, 9.17) is 0 Å². The van der Waals surface area contributed by atoms with E-state index in [-0.39, 0.29) is 0 Å². The predicted octanol–water partition coefficient (Wildman–Crippen LogP) is 1.70. The number of nitrogens with zero attached hydrogens (tertiary/aromatic N) is 1. The SMILES string of the molecule is O=C(O)C1(N2CCCC2)Cc2ccccc2C1. The molecular formula is C14H17NO2. The molecule has 1 N–H and O–H groups in total. The molecule has 1 aliphatic heterocycles. The molecule has 0 aromatic heterocycles. The Morgan fingerprint density at radius 2 is 1.65 bits per heavy atom. The first-order valence-corrected chi connectivity index (χ1v) is 6.28. The molecule has 0 saturated carbocycles. The molecule has 1 aliphatic carbocycles. The van der Waals surface area contributed by atoms with E-state index in [9.17, 15) is 9.90 Å². The summed E-state index contributed by atoms with van der Waals surface area (Å²) in [5.41, 5.74) is 1.75. The van der Waals surface area contributed by atoms with Gasteiger partial charge in [-0.05, 0) is 37.1 Å². The van der Waals surface area contributed by atoms with Crippen molar-refractivity contribution < 1.29 is 9.90 Å². The monoisotopic (exact) mass is 231 g/mol. The summed E-state index contributed by atoms with van der Waals surface area (Å²) in [5.74, 6) is -0.657. The summed E-state index contributed by atoms with van der Waals surface area (Å²) in [4.78, 5) is 13.9. The van der Waals surface area contributed by atoms with E-state index < -0.39 is 11.5 Å². The molecule has 0 bridgehead atoms. The van der Waals surface area contributed by atoms with E-state index in [1.54, 1.807) is 0 Å². The molecule has 0 atom stereocenters. The van der Waals surface area contributed by atoms with Crippen molar-refractivity contribution >= 4 is 5.97 Å². The number of carboxylic acids is 1. The average molecular weight is 231 g/mol. The molecule has 1 aromatic rings. The Bertz CT molecular complexity index is 424. The Morgan fingerprint density at radius 3 is 2.12 bits per heavy atom. The van der Waals surface area contributed by atoms with Gasteiger partial charge in [-0.2, -0.15) is 0 Å². The summed E-state index contributed by atoms with van der Waals surface area (Å²) in [5, 5.41) is 9.65. The lowest BCUT2D eigenvalue weighted by Gasteiger charge is -2.34. The molecule has 0 unspecified atom stereocenters. The Kier molecular flexibility index (Phi) is 2.44. The Labute approximate surface area is 101 Å². The summed E-state index contributed by atoms with van der Waals surface area (Å²) in [6.07, 6.45) is 3.59. The van der Waals surface area contributed by atoms with E-state index in [1.807, 2.05) is 12.1 Å². The van der Waals surface area contributed by atoms with E-state index >= 15 is 0 Å². The highest BCUT2D eigenvalue weighted by Crippen LogP contribution is 2.36. The van der Waals surface area contributed by atoms with Gasteiger partial charge < -0.3 is 5.11 Å². The van der Waals surface area contributed by atoms with Crippen molar-refractivity contribution in [3.63, 3.8) is 0 Å². The summed E-state index contributed by atoms with van der Waals surface area (Å²) < 4.78 is 0. The lowest BCUT2D eigenvalue weighted by Crippen LogP contribution is -2.54. The number of carbonyl (C=O) groups is 1. The minimum atomic E-state index is -0.666. The second-order valence-corrected chi connectivity index (χ2v) is 5.15. The van der Waals surface area contributed by atoms with Gasteiger partial charge in [-0.3, -0.25) is 9.69 Å². The third-order valence-electron chi connectivity index (χ3n) is 4.19. The standard InChI is InChI=1S/C14H17NO2/c16-13(17)14(15-7-3-4-8-15)9-11-5-1-2-6-12(11)10-14/h1-2,5-6H,3-4,7-10H2,(H,16,17). The molecule has 1 aromatic carbocycles. The number of benzene rings is 1. The van der Waals surface area contributed by atoms with Gasteiger partial charge in [0.05, 0.1) is 0 Å². The third kappa shape index (κ3) is 1.57. The highest BCUT2D eigenvalue weighted by atomic mass is 16.4. The Morgan fingerprint density at radius 1 is 1.12 bits per heavy atom. The highest BCUT2D eigenvalue weighted by molar-refractivity contribution is 5.81. The van der Waals surface area contributed by atoms with Gasteiger partial charge in [0.25, 0.3) is 0 Å². The van der Waals surface area contributed by atoms with Crippen LogP contribution in [0.4, 0.5) is 0 Å². The molecule has 0 spiro atoms. The molecular weight excluding hydrogens is 214 g/mol. The molecule has 1 saturated heterocycles. The van der Waals surface area contributed by atoms with Crippen LogP contribution in [0.3, 0.4) is 0 Å². The van der Waals surface area contributed by atoms with Crippen LogP contribution in [0.1, 0.15) is 24.0 Å². The number of hydrogen-bond donors (Lipinski definition) is 1. The van der Waals surface area contributed by atoms with E-state index in [0.717, 1.165) is 25.9 Å². The molecule has 3 rings (SSSR count). The van der Waals surface area contributed by atoms with Crippen molar-refractivity contribution in [2.45, 2.75) is 31.2 Å². The van der Waals surface area contributed by atoms with Crippen LogP contribution >= 0.6 is 0 Å². The van der Waals surface area contributed by atoms with Gasteiger partial charge in [-0.25, -0.2) is 0 Å². The number of likely N-dealkylation sites (tertiary alicyclic amines) is 1. The minimum Gasteiger partial charge on any atom is -0.480 e. The van der Waals surface area contributed by atoms with Gasteiger partial charge >= 0.3 is 5.97 Å². The predicted molar refractivity (Wildman–Crippen MR) is 65.0 cm³/mol. The fraction of sp³-hybridized carbons (Fsp3) is 0.500. The van der Waals surface area contributed by atoms with Gasteiger partial charge in [0, 0.05) is 12.8 Å². The smallest absolute Gasteiger partial charge is 0.324 e. The molecule has 1 heterocycles. The van der Waals surface area contributed by atoms with E-state index in [1.165, 1.54) is 11.1 Å². The van der Waals surface area contributed by atoms with Crippen molar-refractivity contribution in [2.75, 3.05) is 13.1 Å². The van der Waals surface area contributed by atoms with Crippen molar-refractivity contribution in [1.82, 2.24) is 4.90 Å². The van der Waals surface area contributed by atoms with Gasteiger partial charge in [0.2, 0.25) is 0 Å².